The second-order valence-electron chi connectivity index (χ2n) is 6.13. The summed E-state index contributed by atoms with van der Waals surface area (Å²) in [5, 5.41) is 3.48. The van der Waals surface area contributed by atoms with Crippen molar-refractivity contribution in [2.75, 3.05) is 39.3 Å². The first-order chi connectivity index (χ1) is 9.85. The highest BCUT2D eigenvalue weighted by Gasteiger charge is 2.25. The van der Waals surface area contributed by atoms with E-state index in [0.29, 0.717) is 0 Å². The molecule has 2 heterocycles. The molecule has 1 aromatic carbocycles. The Bertz CT molecular complexity index is 407. The van der Waals surface area contributed by atoms with E-state index in [1.165, 1.54) is 56.8 Å². The molecule has 2 fully saturated rings. The third-order valence-corrected chi connectivity index (χ3v) is 4.79. The van der Waals surface area contributed by atoms with Gasteiger partial charge in [0.25, 0.3) is 0 Å². The average molecular weight is 310 g/mol. The number of hydrogen-bond donors (Lipinski definition) is 1. The third kappa shape index (κ3) is 4.43. The maximum absolute atomic E-state index is 3.48. The fraction of sp³-hybridized carbons (Fsp3) is 0.647. The van der Waals surface area contributed by atoms with Crippen molar-refractivity contribution < 1.29 is 0 Å². The van der Waals surface area contributed by atoms with Gasteiger partial charge < -0.3 is 5.32 Å². The normalized spacial score (nSPS) is 24.0. The molecule has 0 aromatic heterocycles. The lowest BCUT2D eigenvalue weighted by atomic mass is 10.1. The second kappa shape index (κ2) is 8.14. The summed E-state index contributed by atoms with van der Waals surface area (Å²) >= 11 is 0. The number of halogens is 1. The Morgan fingerprint density at radius 1 is 1.05 bits per heavy atom. The average Bonchev–Trinajstić information content (AvgIpc) is 3.03. The molecule has 3 rings (SSSR count). The van der Waals surface area contributed by atoms with Crippen molar-refractivity contribution in [1.29, 1.82) is 0 Å². The molecule has 2 aliphatic heterocycles. The fourth-order valence-corrected chi connectivity index (χ4v) is 3.38. The Balaban J connectivity index is 0.00000161. The first kappa shape index (κ1) is 16.8. The van der Waals surface area contributed by atoms with Crippen LogP contribution in [-0.4, -0.2) is 55.1 Å². The van der Waals surface area contributed by atoms with Gasteiger partial charge in [-0.25, -0.2) is 0 Å². The maximum Gasteiger partial charge on any atom is 0.0234 e. The number of hydrogen-bond acceptors (Lipinski definition) is 3. The maximum atomic E-state index is 3.48. The molecule has 1 N–H and O–H groups in total. The quantitative estimate of drug-likeness (QED) is 0.919. The van der Waals surface area contributed by atoms with E-state index in [1.807, 2.05) is 0 Å². The molecule has 0 amide bonds. The summed E-state index contributed by atoms with van der Waals surface area (Å²) in [4.78, 5) is 5.27. The number of nitrogens with zero attached hydrogens (tertiary/aromatic N) is 2. The van der Waals surface area contributed by atoms with Crippen LogP contribution in [0.2, 0.25) is 0 Å². The van der Waals surface area contributed by atoms with Crippen LogP contribution in [0.25, 0.3) is 0 Å². The first-order valence-electron chi connectivity index (χ1n) is 8.10. The predicted octanol–water partition coefficient (Wildman–Crippen LogP) is 2.15. The van der Waals surface area contributed by atoms with Crippen LogP contribution in [0.3, 0.4) is 0 Å². The van der Waals surface area contributed by atoms with Crippen LogP contribution < -0.4 is 5.32 Å². The molecule has 2 aliphatic rings. The van der Waals surface area contributed by atoms with Gasteiger partial charge in [0, 0.05) is 45.3 Å². The van der Waals surface area contributed by atoms with Gasteiger partial charge in [-0.1, -0.05) is 31.2 Å². The minimum absolute atomic E-state index is 0. The minimum atomic E-state index is 0. The lowest BCUT2D eigenvalue weighted by molar-refractivity contribution is 0.0981. The van der Waals surface area contributed by atoms with Crippen molar-refractivity contribution in [2.24, 2.45) is 0 Å². The van der Waals surface area contributed by atoms with Gasteiger partial charge in [0.15, 0.2) is 0 Å². The zero-order chi connectivity index (χ0) is 13.8. The number of aryl methyl sites for hydroxylation is 1. The van der Waals surface area contributed by atoms with Crippen LogP contribution >= 0.6 is 12.4 Å². The lowest BCUT2D eigenvalue weighted by Gasteiger charge is -2.37. The molecule has 118 valence electrons. The molecular formula is C17H28ClN3. The van der Waals surface area contributed by atoms with E-state index in [1.54, 1.807) is 0 Å². The van der Waals surface area contributed by atoms with Crippen molar-refractivity contribution in [2.45, 2.75) is 32.4 Å². The summed E-state index contributed by atoms with van der Waals surface area (Å²) in [6.07, 6.45) is 2.47. The number of piperazine rings is 1. The summed E-state index contributed by atoms with van der Waals surface area (Å²) in [7, 11) is 0. The monoisotopic (exact) mass is 309 g/mol. The van der Waals surface area contributed by atoms with Gasteiger partial charge in [0.1, 0.15) is 0 Å². The van der Waals surface area contributed by atoms with Crippen LogP contribution in [0, 0.1) is 0 Å². The molecule has 4 heteroatoms. The molecule has 0 bridgehead atoms. The van der Waals surface area contributed by atoms with E-state index < -0.39 is 0 Å². The van der Waals surface area contributed by atoms with Gasteiger partial charge in [0.2, 0.25) is 0 Å². The standard InChI is InChI=1S/C17H27N3.ClH/c1-2-15-3-5-16(6-4-15)14-19-9-11-20(12-10-19)17-7-8-18-13-17;/h3-6,17-18H,2,7-14H2,1H3;1H. The minimum Gasteiger partial charge on any atom is -0.315 e. The van der Waals surface area contributed by atoms with E-state index in [4.69, 9.17) is 0 Å². The Labute approximate surface area is 135 Å². The van der Waals surface area contributed by atoms with E-state index in [2.05, 4.69) is 46.3 Å². The second-order valence-corrected chi connectivity index (χ2v) is 6.13. The number of rotatable bonds is 4. The van der Waals surface area contributed by atoms with Gasteiger partial charge in [0.05, 0.1) is 0 Å². The summed E-state index contributed by atoms with van der Waals surface area (Å²) in [5.74, 6) is 0. The Morgan fingerprint density at radius 2 is 1.71 bits per heavy atom. The first-order valence-corrected chi connectivity index (χ1v) is 8.10. The zero-order valence-corrected chi connectivity index (χ0v) is 13.9. The smallest absolute Gasteiger partial charge is 0.0234 e. The lowest BCUT2D eigenvalue weighted by Crippen LogP contribution is -2.50. The van der Waals surface area contributed by atoms with Crippen LogP contribution in [0.5, 0.6) is 0 Å². The molecule has 0 saturated carbocycles. The zero-order valence-electron chi connectivity index (χ0n) is 13.1. The molecule has 1 unspecified atom stereocenters. The molecule has 0 aliphatic carbocycles. The van der Waals surface area contributed by atoms with E-state index >= 15 is 0 Å². The van der Waals surface area contributed by atoms with Gasteiger partial charge in [-0.2, -0.15) is 0 Å². The summed E-state index contributed by atoms with van der Waals surface area (Å²) in [6, 6.07) is 9.94. The van der Waals surface area contributed by atoms with Crippen LogP contribution in [0.1, 0.15) is 24.5 Å². The summed E-state index contributed by atoms with van der Waals surface area (Å²) < 4.78 is 0. The fourth-order valence-electron chi connectivity index (χ4n) is 3.38. The molecule has 21 heavy (non-hydrogen) atoms. The Hall–Kier alpha value is -0.610. The van der Waals surface area contributed by atoms with Gasteiger partial charge >= 0.3 is 0 Å². The molecule has 3 nitrogen and oxygen atoms in total. The molecule has 0 radical (unpaired) electrons. The topological polar surface area (TPSA) is 18.5 Å². The van der Waals surface area contributed by atoms with E-state index in [0.717, 1.165) is 19.0 Å². The highest BCUT2D eigenvalue weighted by Crippen LogP contribution is 2.14. The van der Waals surface area contributed by atoms with Gasteiger partial charge in [-0.15, -0.1) is 12.4 Å². The Kier molecular flexibility index (Phi) is 6.49. The SMILES string of the molecule is CCc1ccc(CN2CCN(C3CCNC3)CC2)cc1.Cl. The molecule has 0 spiro atoms. The van der Waals surface area contributed by atoms with Crippen molar-refractivity contribution in [3.8, 4) is 0 Å². The van der Waals surface area contributed by atoms with Crippen molar-refractivity contribution in [3.05, 3.63) is 35.4 Å². The summed E-state index contributed by atoms with van der Waals surface area (Å²) in [6.45, 7) is 10.6. The molecular weight excluding hydrogens is 282 g/mol. The van der Waals surface area contributed by atoms with Gasteiger partial charge in [-0.05, 0) is 30.5 Å². The highest BCUT2D eigenvalue weighted by molar-refractivity contribution is 5.85. The third-order valence-electron chi connectivity index (χ3n) is 4.79. The highest BCUT2D eigenvalue weighted by atomic mass is 35.5. The number of nitrogens with one attached hydrogen (secondary N) is 1. The van der Waals surface area contributed by atoms with Crippen LogP contribution in [-0.2, 0) is 13.0 Å². The van der Waals surface area contributed by atoms with Crippen molar-refractivity contribution in [3.63, 3.8) is 0 Å². The van der Waals surface area contributed by atoms with Crippen molar-refractivity contribution in [1.82, 2.24) is 15.1 Å². The van der Waals surface area contributed by atoms with Gasteiger partial charge in [-0.3, -0.25) is 9.80 Å². The molecule has 2 saturated heterocycles. The largest absolute Gasteiger partial charge is 0.315 e. The van der Waals surface area contributed by atoms with Crippen LogP contribution in [0.15, 0.2) is 24.3 Å². The van der Waals surface area contributed by atoms with E-state index in [9.17, 15) is 0 Å². The Morgan fingerprint density at radius 3 is 2.29 bits per heavy atom. The van der Waals surface area contributed by atoms with Crippen LogP contribution in [0.4, 0.5) is 0 Å². The predicted molar refractivity (Wildman–Crippen MR) is 91.2 cm³/mol. The number of benzene rings is 1. The molecule has 1 atom stereocenters. The van der Waals surface area contributed by atoms with E-state index in [-0.39, 0.29) is 12.4 Å². The van der Waals surface area contributed by atoms with Crippen molar-refractivity contribution >= 4 is 12.4 Å². The molecule has 1 aromatic rings. The summed E-state index contributed by atoms with van der Waals surface area (Å²) in [5.41, 5.74) is 2.89.